The number of nitrogens with zero attached hydrogens (tertiary/aromatic N) is 1. The second kappa shape index (κ2) is 5.50. The van der Waals surface area contributed by atoms with Crippen LogP contribution in [0.3, 0.4) is 0 Å². The van der Waals surface area contributed by atoms with Gasteiger partial charge in [-0.05, 0) is 31.7 Å². The van der Waals surface area contributed by atoms with Crippen LogP contribution in [0.2, 0.25) is 0 Å². The molecule has 1 heterocycles. The lowest BCUT2D eigenvalue weighted by Crippen LogP contribution is -1.87. The van der Waals surface area contributed by atoms with Crippen molar-refractivity contribution in [3.05, 3.63) is 53.4 Å². The summed E-state index contributed by atoms with van der Waals surface area (Å²) in [6, 6.07) is 12.6. The van der Waals surface area contributed by atoms with Crippen LogP contribution in [0.1, 0.15) is 29.9 Å². The van der Waals surface area contributed by atoms with Crippen LogP contribution in [0.25, 0.3) is 0 Å². The predicted octanol–water partition coefficient (Wildman–Crippen LogP) is 3.55. The van der Waals surface area contributed by atoms with Gasteiger partial charge in [-0.3, -0.25) is 0 Å². The highest BCUT2D eigenvalue weighted by Gasteiger charge is 2.00. The summed E-state index contributed by atoms with van der Waals surface area (Å²) in [6.45, 7) is 1.96. The standard InChI is InChI=1S/C14H17NO/c1-12-11-14(16-15-12)10-6-5-9-13-7-3-2-4-8-13/h2-4,7-8,11H,5-6,9-10H2,1H3. The van der Waals surface area contributed by atoms with Crippen molar-refractivity contribution in [2.24, 2.45) is 0 Å². The van der Waals surface area contributed by atoms with Gasteiger partial charge in [-0.15, -0.1) is 0 Å². The molecule has 0 N–H and O–H groups in total. The summed E-state index contributed by atoms with van der Waals surface area (Å²) < 4.78 is 5.17. The first-order valence-corrected chi connectivity index (χ1v) is 5.81. The number of unbranched alkanes of at least 4 members (excludes halogenated alkanes) is 1. The minimum Gasteiger partial charge on any atom is -0.361 e. The van der Waals surface area contributed by atoms with Crippen molar-refractivity contribution in [3.63, 3.8) is 0 Å². The second-order valence-corrected chi connectivity index (χ2v) is 4.13. The molecule has 0 saturated carbocycles. The Balaban J connectivity index is 1.69. The maximum Gasteiger partial charge on any atom is 0.136 e. The Morgan fingerprint density at radius 3 is 2.50 bits per heavy atom. The van der Waals surface area contributed by atoms with E-state index in [2.05, 4.69) is 35.5 Å². The van der Waals surface area contributed by atoms with E-state index >= 15 is 0 Å². The van der Waals surface area contributed by atoms with E-state index in [0.29, 0.717) is 0 Å². The van der Waals surface area contributed by atoms with Crippen LogP contribution in [0, 0.1) is 6.92 Å². The fourth-order valence-corrected chi connectivity index (χ4v) is 1.81. The van der Waals surface area contributed by atoms with Crippen molar-refractivity contribution < 1.29 is 4.52 Å². The average Bonchev–Trinajstić information content (AvgIpc) is 2.72. The molecule has 0 bridgehead atoms. The highest BCUT2D eigenvalue weighted by Crippen LogP contribution is 2.09. The van der Waals surface area contributed by atoms with Crippen molar-refractivity contribution >= 4 is 0 Å². The number of aromatic nitrogens is 1. The van der Waals surface area contributed by atoms with Gasteiger partial charge in [0.05, 0.1) is 5.69 Å². The Kier molecular flexibility index (Phi) is 3.76. The number of benzene rings is 1. The maximum absolute atomic E-state index is 5.17. The molecule has 2 nitrogen and oxygen atoms in total. The van der Waals surface area contributed by atoms with Gasteiger partial charge < -0.3 is 4.52 Å². The van der Waals surface area contributed by atoms with Gasteiger partial charge in [0.2, 0.25) is 0 Å². The summed E-state index contributed by atoms with van der Waals surface area (Å²) in [5.41, 5.74) is 2.38. The van der Waals surface area contributed by atoms with Crippen LogP contribution >= 0.6 is 0 Å². The number of rotatable bonds is 5. The second-order valence-electron chi connectivity index (χ2n) is 4.13. The Morgan fingerprint density at radius 2 is 1.81 bits per heavy atom. The number of hydrogen-bond acceptors (Lipinski definition) is 2. The zero-order valence-corrected chi connectivity index (χ0v) is 9.65. The largest absolute Gasteiger partial charge is 0.361 e. The molecule has 0 aliphatic heterocycles. The zero-order valence-electron chi connectivity index (χ0n) is 9.65. The summed E-state index contributed by atoms with van der Waals surface area (Å²) >= 11 is 0. The minimum atomic E-state index is 0.970. The molecule has 0 saturated heterocycles. The van der Waals surface area contributed by atoms with Gasteiger partial charge in [0, 0.05) is 12.5 Å². The monoisotopic (exact) mass is 215 g/mol. The molecule has 0 unspecified atom stereocenters. The molecule has 2 aromatic rings. The fourth-order valence-electron chi connectivity index (χ4n) is 1.81. The highest BCUT2D eigenvalue weighted by molar-refractivity contribution is 5.14. The molecule has 0 aliphatic carbocycles. The maximum atomic E-state index is 5.17. The third kappa shape index (κ3) is 3.23. The van der Waals surface area contributed by atoms with Gasteiger partial charge in [-0.2, -0.15) is 0 Å². The molecule has 1 aromatic heterocycles. The van der Waals surface area contributed by atoms with E-state index in [0.717, 1.165) is 30.7 Å². The van der Waals surface area contributed by atoms with E-state index in [4.69, 9.17) is 4.52 Å². The fraction of sp³-hybridized carbons (Fsp3) is 0.357. The van der Waals surface area contributed by atoms with Gasteiger partial charge in [-0.1, -0.05) is 35.5 Å². The third-order valence-corrected chi connectivity index (χ3v) is 2.66. The lowest BCUT2D eigenvalue weighted by atomic mass is 10.1. The van der Waals surface area contributed by atoms with Crippen molar-refractivity contribution in [1.82, 2.24) is 5.16 Å². The molecule has 0 amide bonds. The quantitative estimate of drug-likeness (QED) is 0.713. The predicted molar refractivity (Wildman–Crippen MR) is 64.3 cm³/mol. The third-order valence-electron chi connectivity index (χ3n) is 2.66. The molecule has 0 aliphatic rings. The van der Waals surface area contributed by atoms with E-state index < -0.39 is 0 Å². The smallest absolute Gasteiger partial charge is 0.136 e. The van der Waals surface area contributed by atoms with Crippen molar-refractivity contribution in [1.29, 1.82) is 0 Å². The molecule has 0 fully saturated rings. The minimum absolute atomic E-state index is 0.970. The van der Waals surface area contributed by atoms with Crippen LogP contribution in [0.5, 0.6) is 0 Å². The lowest BCUT2D eigenvalue weighted by molar-refractivity contribution is 0.376. The van der Waals surface area contributed by atoms with Gasteiger partial charge in [0.15, 0.2) is 0 Å². The van der Waals surface area contributed by atoms with Crippen molar-refractivity contribution in [2.75, 3.05) is 0 Å². The summed E-state index contributed by atoms with van der Waals surface area (Å²) in [6.07, 6.45) is 4.49. The van der Waals surface area contributed by atoms with E-state index in [1.165, 1.54) is 12.0 Å². The summed E-state index contributed by atoms with van der Waals surface area (Å²) in [4.78, 5) is 0. The van der Waals surface area contributed by atoms with Crippen molar-refractivity contribution in [3.8, 4) is 0 Å². The van der Waals surface area contributed by atoms with Gasteiger partial charge in [-0.25, -0.2) is 0 Å². The van der Waals surface area contributed by atoms with Gasteiger partial charge in [0.1, 0.15) is 5.76 Å². The van der Waals surface area contributed by atoms with Crippen LogP contribution in [-0.2, 0) is 12.8 Å². The lowest BCUT2D eigenvalue weighted by Gasteiger charge is -1.99. The van der Waals surface area contributed by atoms with Crippen LogP contribution in [0.4, 0.5) is 0 Å². The van der Waals surface area contributed by atoms with Crippen LogP contribution < -0.4 is 0 Å². The molecule has 84 valence electrons. The molecular formula is C14H17NO. The highest BCUT2D eigenvalue weighted by atomic mass is 16.5. The first-order chi connectivity index (χ1) is 7.84. The van der Waals surface area contributed by atoms with E-state index in [1.807, 2.05) is 13.0 Å². The summed E-state index contributed by atoms with van der Waals surface area (Å²) in [5.74, 6) is 1.01. The van der Waals surface area contributed by atoms with Crippen molar-refractivity contribution in [2.45, 2.75) is 32.6 Å². The topological polar surface area (TPSA) is 26.0 Å². The molecule has 0 spiro atoms. The molecular weight excluding hydrogens is 198 g/mol. The molecule has 0 radical (unpaired) electrons. The van der Waals surface area contributed by atoms with Crippen LogP contribution in [-0.4, -0.2) is 5.16 Å². The van der Waals surface area contributed by atoms with Crippen LogP contribution in [0.15, 0.2) is 40.9 Å². The summed E-state index contributed by atoms with van der Waals surface area (Å²) in [5, 5.41) is 3.88. The molecule has 0 atom stereocenters. The van der Waals surface area contributed by atoms with E-state index in [1.54, 1.807) is 0 Å². The number of hydrogen-bond donors (Lipinski definition) is 0. The molecule has 1 aromatic carbocycles. The normalized spacial score (nSPS) is 10.6. The Bertz CT molecular complexity index is 419. The molecule has 2 rings (SSSR count). The van der Waals surface area contributed by atoms with E-state index in [9.17, 15) is 0 Å². The summed E-state index contributed by atoms with van der Waals surface area (Å²) in [7, 11) is 0. The first kappa shape index (κ1) is 10.9. The molecule has 2 heteroatoms. The zero-order chi connectivity index (χ0) is 11.2. The molecule has 16 heavy (non-hydrogen) atoms. The van der Waals surface area contributed by atoms with Gasteiger partial charge in [0.25, 0.3) is 0 Å². The van der Waals surface area contributed by atoms with E-state index in [-0.39, 0.29) is 0 Å². The Labute approximate surface area is 96.3 Å². The average molecular weight is 215 g/mol. The first-order valence-electron chi connectivity index (χ1n) is 5.81. The van der Waals surface area contributed by atoms with Gasteiger partial charge >= 0.3 is 0 Å². The number of aryl methyl sites for hydroxylation is 3. The SMILES string of the molecule is Cc1cc(CCCCc2ccccc2)on1. The Morgan fingerprint density at radius 1 is 1.06 bits per heavy atom. The Hall–Kier alpha value is -1.57.